The Morgan fingerprint density at radius 2 is 1.90 bits per heavy atom. The average molecular weight is 306 g/mol. The molecule has 0 saturated carbocycles. The van der Waals surface area contributed by atoms with Gasteiger partial charge in [-0.05, 0) is 18.6 Å². The lowest BCUT2D eigenvalue weighted by Gasteiger charge is -2.12. The number of carbonyl (C=O) groups excluding carboxylic acids is 1. The highest BCUT2D eigenvalue weighted by molar-refractivity contribution is 7.92. The monoisotopic (exact) mass is 306 g/mol. The smallest absolute Gasteiger partial charge is 0.232 e. The van der Waals surface area contributed by atoms with Crippen LogP contribution in [0.4, 0.5) is 20.2 Å². The molecule has 20 heavy (non-hydrogen) atoms. The van der Waals surface area contributed by atoms with Gasteiger partial charge < -0.3 is 5.32 Å². The zero-order valence-electron chi connectivity index (χ0n) is 11.2. The van der Waals surface area contributed by atoms with Gasteiger partial charge in [0.2, 0.25) is 15.9 Å². The van der Waals surface area contributed by atoms with Crippen molar-refractivity contribution in [1.82, 2.24) is 0 Å². The van der Waals surface area contributed by atoms with Crippen LogP contribution in [0.1, 0.15) is 26.7 Å². The molecule has 0 aliphatic heterocycles. The van der Waals surface area contributed by atoms with Crippen molar-refractivity contribution in [2.24, 2.45) is 0 Å². The van der Waals surface area contributed by atoms with E-state index in [1.807, 2.05) is 4.72 Å². The summed E-state index contributed by atoms with van der Waals surface area (Å²) in [4.78, 5) is 11.2. The topological polar surface area (TPSA) is 75.3 Å². The van der Waals surface area contributed by atoms with Crippen LogP contribution in [0, 0.1) is 11.6 Å². The van der Waals surface area contributed by atoms with Crippen molar-refractivity contribution >= 4 is 27.3 Å². The van der Waals surface area contributed by atoms with Gasteiger partial charge in [-0.3, -0.25) is 9.52 Å². The van der Waals surface area contributed by atoms with E-state index in [9.17, 15) is 22.0 Å². The molecule has 0 aromatic heterocycles. The second-order valence-corrected chi connectivity index (χ2v) is 5.95. The van der Waals surface area contributed by atoms with Crippen molar-refractivity contribution < 1.29 is 22.0 Å². The first-order chi connectivity index (χ1) is 9.30. The van der Waals surface area contributed by atoms with Crippen LogP contribution in [-0.4, -0.2) is 20.1 Å². The van der Waals surface area contributed by atoms with E-state index in [4.69, 9.17) is 0 Å². The van der Waals surface area contributed by atoms with Crippen LogP contribution in [-0.2, 0) is 14.8 Å². The molecule has 0 atom stereocenters. The second kappa shape index (κ2) is 6.65. The molecule has 0 heterocycles. The quantitative estimate of drug-likeness (QED) is 0.847. The van der Waals surface area contributed by atoms with Gasteiger partial charge in [-0.25, -0.2) is 17.2 Å². The predicted octanol–water partition coefficient (Wildman–Crippen LogP) is 2.47. The number of hydrogen-bond donors (Lipinski definition) is 2. The van der Waals surface area contributed by atoms with Crippen LogP contribution in [0.2, 0.25) is 0 Å². The number of anilines is 2. The number of sulfonamides is 1. The van der Waals surface area contributed by atoms with Crippen molar-refractivity contribution in [2.75, 3.05) is 15.8 Å². The van der Waals surface area contributed by atoms with E-state index in [0.717, 1.165) is 12.1 Å². The summed E-state index contributed by atoms with van der Waals surface area (Å²) in [6.45, 7) is 3.19. The van der Waals surface area contributed by atoms with Gasteiger partial charge in [-0.2, -0.15) is 0 Å². The zero-order valence-corrected chi connectivity index (χ0v) is 12.0. The number of carbonyl (C=O) groups is 1. The van der Waals surface area contributed by atoms with E-state index in [1.54, 1.807) is 6.92 Å². The Balaban J connectivity index is 3.12. The molecule has 0 radical (unpaired) electrons. The molecule has 8 heteroatoms. The minimum atomic E-state index is -3.70. The number of amides is 1. The summed E-state index contributed by atoms with van der Waals surface area (Å²) >= 11 is 0. The molecule has 0 bridgehead atoms. The highest BCUT2D eigenvalue weighted by atomic mass is 32.2. The molecule has 5 nitrogen and oxygen atoms in total. The van der Waals surface area contributed by atoms with Gasteiger partial charge in [0, 0.05) is 6.42 Å². The fourth-order valence-electron chi connectivity index (χ4n) is 1.46. The first-order valence-electron chi connectivity index (χ1n) is 6.09. The van der Waals surface area contributed by atoms with Crippen molar-refractivity contribution in [3.63, 3.8) is 0 Å². The second-order valence-electron chi connectivity index (χ2n) is 4.11. The lowest BCUT2D eigenvalue weighted by molar-refractivity contribution is -0.115. The highest BCUT2D eigenvalue weighted by Crippen LogP contribution is 2.26. The fourth-order valence-corrected chi connectivity index (χ4v) is 2.59. The van der Waals surface area contributed by atoms with Gasteiger partial charge in [-0.15, -0.1) is 0 Å². The van der Waals surface area contributed by atoms with E-state index in [-0.39, 0.29) is 12.2 Å². The number of benzene rings is 1. The maximum Gasteiger partial charge on any atom is 0.232 e. The third kappa shape index (κ3) is 4.16. The standard InChI is InChI=1S/C12H16F2N2O3S/c1-3-7-20(18,19)16-9-6-5-8(13)12(11(9)14)15-10(17)4-2/h5-6,16H,3-4,7H2,1-2H3,(H,15,17). The van der Waals surface area contributed by atoms with Gasteiger partial charge in [0.15, 0.2) is 5.82 Å². The number of hydrogen-bond acceptors (Lipinski definition) is 3. The Hall–Kier alpha value is -1.70. The minimum Gasteiger partial charge on any atom is -0.321 e. The molecular weight excluding hydrogens is 290 g/mol. The summed E-state index contributed by atoms with van der Waals surface area (Å²) in [7, 11) is -3.70. The molecule has 2 N–H and O–H groups in total. The summed E-state index contributed by atoms with van der Waals surface area (Å²) in [5.41, 5.74) is -1.06. The normalized spacial score (nSPS) is 11.2. The maximum absolute atomic E-state index is 14.0. The average Bonchev–Trinajstić information content (AvgIpc) is 2.37. The summed E-state index contributed by atoms with van der Waals surface area (Å²) in [5.74, 6) is -2.87. The molecule has 1 rings (SSSR count). The Bertz CT molecular complexity index is 603. The summed E-state index contributed by atoms with van der Waals surface area (Å²) in [6, 6.07) is 1.86. The number of halogens is 2. The van der Waals surface area contributed by atoms with Crippen molar-refractivity contribution in [3.05, 3.63) is 23.8 Å². The summed E-state index contributed by atoms with van der Waals surface area (Å²) in [5, 5.41) is 2.06. The van der Waals surface area contributed by atoms with E-state index >= 15 is 0 Å². The maximum atomic E-state index is 14.0. The Kier molecular flexibility index (Phi) is 5.43. The molecule has 0 fully saturated rings. The van der Waals surface area contributed by atoms with Gasteiger partial charge >= 0.3 is 0 Å². The van der Waals surface area contributed by atoms with E-state index < -0.39 is 38.9 Å². The Morgan fingerprint density at radius 1 is 1.25 bits per heavy atom. The molecule has 1 aromatic rings. The van der Waals surface area contributed by atoms with Crippen LogP contribution in [0.3, 0.4) is 0 Å². The minimum absolute atomic E-state index is 0.0463. The molecule has 0 saturated heterocycles. The first-order valence-corrected chi connectivity index (χ1v) is 7.74. The molecule has 0 spiro atoms. The van der Waals surface area contributed by atoms with Crippen molar-refractivity contribution in [1.29, 1.82) is 0 Å². The Labute approximate surface area is 116 Å². The molecule has 1 amide bonds. The van der Waals surface area contributed by atoms with Crippen LogP contribution in [0.15, 0.2) is 12.1 Å². The largest absolute Gasteiger partial charge is 0.321 e. The first kappa shape index (κ1) is 16.4. The van der Waals surface area contributed by atoms with Crippen LogP contribution < -0.4 is 10.0 Å². The molecule has 0 aliphatic carbocycles. The van der Waals surface area contributed by atoms with Gasteiger partial charge in [0.05, 0.1) is 11.4 Å². The summed E-state index contributed by atoms with van der Waals surface area (Å²) < 4.78 is 52.7. The highest BCUT2D eigenvalue weighted by Gasteiger charge is 2.18. The van der Waals surface area contributed by atoms with Crippen molar-refractivity contribution in [2.45, 2.75) is 26.7 Å². The Morgan fingerprint density at radius 3 is 2.45 bits per heavy atom. The lowest BCUT2D eigenvalue weighted by Crippen LogP contribution is -2.18. The van der Waals surface area contributed by atoms with E-state index in [2.05, 4.69) is 5.32 Å². The van der Waals surface area contributed by atoms with Crippen LogP contribution >= 0.6 is 0 Å². The lowest BCUT2D eigenvalue weighted by atomic mass is 10.2. The molecular formula is C12H16F2N2O3S. The number of nitrogens with one attached hydrogen (secondary N) is 2. The third-order valence-electron chi connectivity index (χ3n) is 2.41. The third-order valence-corrected chi connectivity index (χ3v) is 3.89. The van der Waals surface area contributed by atoms with Crippen molar-refractivity contribution in [3.8, 4) is 0 Å². The van der Waals surface area contributed by atoms with Crippen LogP contribution in [0.25, 0.3) is 0 Å². The molecule has 1 aromatic carbocycles. The zero-order chi connectivity index (χ0) is 15.3. The molecule has 0 unspecified atom stereocenters. The van der Waals surface area contributed by atoms with Gasteiger partial charge in [0.1, 0.15) is 11.5 Å². The molecule has 112 valence electrons. The van der Waals surface area contributed by atoms with Gasteiger partial charge in [-0.1, -0.05) is 13.8 Å². The summed E-state index contributed by atoms with van der Waals surface area (Å²) in [6.07, 6.45) is 0.405. The van der Waals surface area contributed by atoms with E-state index in [0.29, 0.717) is 6.42 Å². The predicted molar refractivity (Wildman–Crippen MR) is 73.0 cm³/mol. The fraction of sp³-hybridized carbons (Fsp3) is 0.417. The molecule has 0 aliphatic rings. The SMILES string of the molecule is CCCS(=O)(=O)Nc1ccc(F)c(NC(=O)CC)c1F. The number of rotatable bonds is 6. The van der Waals surface area contributed by atoms with Gasteiger partial charge in [0.25, 0.3) is 0 Å². The van der Waals surface area contributed by atoms with Crippen LogP contribution in [0.5, 0.6) is 0 Å². The van der Waals surface area contributed by atoms with E-state index in [1.165, 1.54) is 6.92 Å².